The maximum Gasteiger partial charge on any atom is 0.410 e. The van der Waals surface area contributed by atoms with E-state index in [1.165, 1.54) is 16.0 Å². The van der Waals surface area contributed by atoms with Gasteiger partial charge in [-0.25, -0.2) is 9.48 Å². The molecule has 0 radical (unpaired) electrons. The van der Waals surface area contributed by atoms with Gasteiger partial charge in [-0.05, 0) is 93.7 Å². The highest BCUT2D eigenvalue weighted by Crippen LogP contribution is 2.59. The van der Waals surface area contributed by atoms with Gasteiger partial charge in [0.15, 0.2) is 0 Å². The summed E-state index contributed by atoms with van der Waals surface area (Å²) in [6.07, 6.45) is -0.557. The van der Waals surface area contributed by atoms with Crippen LogP contribution >= 0.6 is 11.3 Å². The summed E-state index contributed by atoms with van der Waals surface area (Å²) in [4.78, 5) is 35.5. The van der Waals surface area contributed by atoms with Crippen LogP contribution in [0.15, 0.2) is 47.5 Å². The second-order valence-electron chi connectivity index (χ2n) is 15.3. The zero-order valence-corrected chi connectivity index (χ0v) is 29.2. The summed E-state index contributed by atoms with van der Waals surface area (Å²) in [5.74, 6) is 0.751. The van der Waals surface area contributed by atoms with Crippen molar-refractivity contribution >= 4 is 33.3 Å². The Morgan fingerprint density at radius 2 is 1.92 bits per heavy atom. The minimum Gasteiger partial charge on any atom is -0.444 e. The highest BCUT2D eigenvalue weighted by Gasteiger charge is 2.64. The van der Waals surface area contributed by atoms with Gasteiger partial charge in [-0.2, -0.15) is 23.5 Å². The van der Waals surface area contributed by atoms with Crippen LogP contribution in [-0.4, -0.2) is 74.4 Å². The number of aliphatic hydroxyl groups is 1. The third-order valence-corrected chi connectivity index (χ3v) is 11.9. The Morgan fingerprint density at radius 1 is 1.14 bits per heavy atom. The number of carbonyl (C=O) groups is 1. The second kappa shape index (κ2) is 11.8. The van der Waals surface area contributed by atoms with E-state index in [2.05, 4.69) is 21.1 Å². The quantitative estimate of drug-likeness (QED) is 0.246. The van der Waals surface area contributed by atoms with Gasteiger partial charge in [-0.15, -0.1) is 11.3 Å². The average Bonchev–Trinajstić information content (AvgIpc) is 3.97. The van der Waals surface area contributed by atoms with E-state index in [0.29, 0.717) is 35.9 Å². The molecule has 1 aromatic carbocycles. The van der Waals surface area contributed by atoms with Crippen molar-refractivity contribution in [3.8, 4) is 17.2 Å². The van der Waals surface area contributed by atoms with Crippen molar-refractivity contribution in [2.45, 2.75) is 88.2 Å². The fourth-order valence-corrected chi connectivity index (χ4v) is 9.09. The molecule has 4 aromatic rings. The Bertz CT molecular complexity index is 2160. The first-order valence-electron chi connectivity index (χ1n) is 17.2. The SMILES string of the molecule is CC(C)(C)OC(=O)N1C[C@@H](N2C[C@H]3C[C@H]3c3cc(C#N)cc(-c4ccnc5cc(Cn6ncc(C7(C(F)(F)F)CC7)cc6=O)sc45)c32)C[C@H]1CO. The van der Waals surface area contributed by atoms with E-state index in [4.69, 9.17) is 4.74 Å². The number of pyridine rings is 1. The minimum atomic E-state index is -4.44. The van der Waals surface area contributed by atoms with Crippen LogP contribution in [0.2, 0.25) is 0 Å². The van der Waals surface area contributed by atoms with E-state index in [9.17, 15) is 33.1 Å². The molecule has 51 heavy (non-hydrogen) atoms. The van der Waals surface area contributed by atoms with E-state index in [-0.39, 0.29) is 37.6 Å². The molecule has 1 amide bonds. The van der Waals surface area contributed by atoms with Gasteiger partial charge in [-0.3, -0.25) is 9.78 Å². The fourth-order valence-electron chi connectivity index (χ4n) is 7.97. The van der Waals surface area contributed by atoms with E-state index >= 15 is 0 Å². The number of thiophene rings is 1. The third kappa shape index (κ3) is 5.84. The predicted molar refractivity (Wildman–Crippen MR) is 185 cm³/mol. The van der Waals surface area contributed by atoms with Gasteiger partial charge in [0.05, 0.1) is 52.7 Å². The van der Waals surface area contributed by atoms with Gasteiger partial charge in [0.2, 0.25) is 0 Å². The summed E-state index contributed by atoms with van der Waals surface area (Å²) >= 11 is 1.42. The molecular formula is C37H37F3N6O4S. The number of anilines is 1. The molecule has 2 aliphatic carbocycles. The first-order chi connectivity index (χ1) is 24.2. The van der Waals surface area contributed by atoms with Crippen molar-refractivity contribution < 1.29 is 27.8 Å². The van der Waals surface area contributed by atoms with Gasteiger partial charge >= 0.3 is 12.3 Å². The van der Waals surface area contributed by atoms with E-state index in [0.717, 1.165) is 57.2 Å². The van der Waals surface area contributed by atoms with Crippen LogP contribution in [-0.2, 0) is 16.7 Å². The number of halogens is 3. The van der Waals surface area contributed by atoms with Crippen molar-refractivity contribution in [1.29, 1.82) is 5.26 Å². The summed E-state index contributed by atoms with van der Waals surface area (Å²) < 4.78 is 48.8. The summed E-state index contributed by atoms with van der Waals surface area (Å²) in [5, 5.41) is 24.5. The van der Waals surface area contributed by atoms with Gasteiger partial charge in [0, 0.05) is 53.1 Å². The normalized spacial score (nSPS) is 23.5. The molecule has 4 atom stereocenters. The molecule has 5 heterocycles. The van der Waals surface area contributed by atoms with Crippen LogP contribution in [0, 0.1) is 17.2 Å². The molecule has 266 valence electrons. The number of amides is 1. The molecule has 2 aliphatic heterocycles. The minimum absolute atomic E-state index is 0.0489. The summed E-state index contributed by atoms with van der Waals surface area (Å²) in [6, 6.07) is 10.6. The van der Waals surface area contributed by atoms with Crippen LogP contribution in [0.25, 0.3) is 21.3 Å². The van der Waals surface area contributed by atoms with Gasteiger partial charge in [0.25, 0.3) is 5.56 Å². The van der Waals surface area contributed by atoms with Gasteiger partial charge < -0.3 is 19.6 Å². The first-order valence-corrected chi connectivity index (χ1v) is 18.0. The van der Waals surface area contributed by atoms with Crippen LogP contribution in [0.3, 0.4) is 0 Å². The summed E-state index contributed by atoms with van der Waals surface area (Å²) in [6.45, 7) is 6.50. The van der Waals surface area contributed by atoms with E-state index < -0.39 is 34.9 Å². The molecule has 1 N–H and O–H groups in total. The molecule has 3 aromatic heterocycles. The number of fused-ring (bicyclic) bond motifs is 4. The molecule has 0 bridgehead atoms. The molecule has 4 aliphatic rings. The topological polar surface area (TPSA) is 125 Å². The zero-order chi connectivity index (χ0) is 36.0. The lowest BCUT2D eigenvalue weighted by Gasteiger charge is -2.38. The number of aromatic nitrogens is 3. The molecule has 1 saturated heterocycles. The number of aliphatic hydroxyl groups excluding tert-OH is 1. The molecule has 2 saturated carbocycles. The maximum atomic E-state index is 13.7. The summed E-state index contributed by atoms with van der Waals surface area (Å²) in [7, 11) is 0. The van der Waals surface area contributed by atoms with Crippen LogP contribution in [0.4, 0.5) is 23.7 Å². The Hall–Kier alpha value is -4.48. The number of ether oxygens (including phenoxy) is 1. The molecule has 10 nitrogen and oxygen atoms in total. The molecule has 3 fully saturated rings. The number of carbonyl (C=O) groups excluding carboxylic acids is 1. The predicted octanol–water partition coefficient (Wildman–Crippen LogP) is 6.33. The third-order valence-electron chi connectivity index (χ3n) is 10.8. The lowest BCUT2D eigenvalue weighted by Crippen LogP contribution is -2.44. The Morgan fingerprint density at radius 3 is 2.59 bits per heavy atom. The lowest BCUT2D eigenvalue weighted by atomic mass is 9.90. The number of hydrogen-bond acceptors (Lipinski definition) is 9. The smallest absolute Gasteiger partial charge is 0.410 e. The number of nitrogens with zero attached hydrogens (tertiary/aromatic N) is 6. The van der Waals surface area contributed by atoms with E-state index in [1.807, 2.05) is 45.0 Å². The number of rotatable bonds is 6. The fraction of sp³-hybridized carbons (Fsp3) is 0.486. The average molecular weight is 719 g/mol. The van der Waals surface area contributed by atoms with Crippen molar-refractivity contribution in [2.75, 3.05) is 24.6 Å². The zero-order valence-electron chi connectivity index (χ0n) is 28.4. The Balaban J connectivity index is 1.16. The van der Waals surface area contributed by atoms with E-state index in [1.54, 1.807) is 11.1 Å². The number of alkyl halides is 3. The maximum absolute atomic E-state index is 13.7. The van der Waals surface area contributed by atoms with Gasteiger partial charge in [-0.1, -0.05) is 0 Å². The molecule has 0 spiro atoms. The summed E-state index contributed by atoms with van der Waals surface area (Å²) in [5.41, 5.74) is 1.71. The van der Waals surface area contributed by atoms with Gasteiger partial charge in [0.1, 0.15) is 5.60 Å². The van der Waals surface area contributed by atoms with Crippen molar-refractivity contribution in [2.24, 2.45) is 5.92 Å². The standard InChI is InChI=1S/C37H37F3N6O4S/c1-35(2,3)50-34(49)45-17-23(12-24(45)19-47)44-16-21-10-27(21)29-9-20(14-41)8-28(32(29)44)26-4-7-42-30-13-25(51-33(26)30)18-46-31(48)11-22(15-43-46)36(5-6-36)37(38,39)40/h4,7-9,11,13,15,21,23-24,27,47H,5-6,10,12,16-19H2,1-3H3/t21-,23+,24+,27-/m1/s1. The number of nitriles is 1. The molecule has 14 heteroatoms. The highest BCUT2D eigenvalue weighted by atomic mass is 32.1. The molecular weight excluding hydrogens is 682 g/mol. The van der Waals surface area contributed by atoms with Crippen LogP contribution in [0.1, 0.15) is 73.9 Å². The Kier molecular flexibility index (Phi) is 7.77. The number of hydrogen-bond donors (Lipinski definition) is 1. The van der Waals surface area contributed by atoms with Crippen molar-refractivity contribution in [3.63, 3.8) is 0 Å². The molecule has 8 rings (SSSR count). The molecule has 0 unspecified atom stereocenters. The lowest BCUT2D eigenvalue weighted by molar-refractivity contribution is -0.160. The van der Waals surface area contributed by atoms with Crippen molar-refractivity contribution in [1.82, 2.24) is 19.7 Å². The Labute approximate surface area is 296 Å². The van der Waals surface area contributed by atoms with Crippen molar-refractivity contribution in [3.05, 3.63) is 74.6 Å². The second-order valence-corrected chi connectivity index (χ2v) is 16.4. The van der Waals surface area contributed by atoms with Crippen LogP contribution < -0.4 is 10.5 Å². The largest absolute Gasteiger partial charge is 0.444 e. The monoisotopic (exact) mass is 718 g/mol. The highest BCUT2D eigenvalue weighted by molar-refractivity contribution is 7.19. The number of likely N-dealkylation sites (tertiary alicyclic amines) is 1. The number of benzene rings is 1. The van der Waals surface area contributed by atoms with Crippen LogP contribution in [0.5, 0.6) is 0 Å². The first kappa shape index (κ1) is 33.7.